The highest BCUT2D eigenvalue weighted by Crippen LogP contribution is 2.33. The monoisotopic (exact) mass is 369 g/mol. The lowest BCUT2D eigenvalue weighted by Crippen LogP contribution is -2.30. The van der Waals surface area contributed by atoms with Crippen LogP contribution in [0.2, 0.25) is 0 Å². The molecule has 134 valence electrons. The Labute approximate surface area is 144 Å². The number of amides is 1. The van der Waals surface area contributed by atoms with Gasteiger partial charge in [-0.3, -0.25) is 4.79 Å². The van der Waals surface area contributed by atoms with Crippen molar-refractivity contribution in [3.05, 3.63) is 59.5 Å². The summed E-state index contributed by atoms with van der Waals surface area (Å²) in [6.45, 7) is 0.603. The van der Waals surface area contributed by atoms with Crippen LogP contribution in [-0.4, -0.2) is 31.5 Å². The molecule has 8 heteroatoms. The van der Waals surface area contributed by atoms with E-state index in [1.165, 1.54) is 24.3 Å². The van der Waals surface area contributed by atoms with Crippen molar-refractivity contribution in [3.8, 4) is 0 Å². The van der Waals surface area contributed by atoms with E-state index in [-0.39, 0.29) is 17.5 Å². The second kappa shape index (κ2) is 6.95. The molecule has 0 spiro atoms. The largest absolute Gasteiger partial charge is 0.467 e. The number of nitrogens with zero attached hydrogens (tertiary/aromatic N) is 1. The minimum atomic E-state index is -4.48. The van der Waals surface area contributed by atoms with Crippen LogP contribution in [0.5, 0.6) is 0 Å². The quantitative estimate of drug-likeness (QED) is 0.810. The van der Waals surface area contributed by atoms with Crippen molar-refractivity contribution in [2.45, 2.75) is 30.4 Å². The first kappa shape index (κ1) is 17.6. The number of furan rings is 1. The maximum absolute atomic E-state index is 12.7. The summed E-state index contributed by atoms with van der Waals surface area (Å²) in [5, 5.41) is 0. The Kier molecular flexibility index (Phi) is 4.89. The first-order valence-corrected chi connectivity index (χ1v) is 9.53. The molecule has 1 aromatic heterocycles. The van der Waals surface area contributed by atoms with Crippen molar-refractivity contribution in [2.75, 3.05) is 6.54 Å². The molecule has 1 aliphatic heterocycles. The number of rotatable bonds is 5. The Morgan fingerprint density at radius 3 is 2.56 bits per heavy atom. The van der Waals surface area contributed by atoms with Gasteiger partial charge in [-0.05, 0) is 42.7 Å². The number of halogens is 2. The fraction of sp³-hybridized carbons (Fsp3) is 0.353. The molecule has 1 saturated heterocycles. The fourth-order valence-electron chi connectivity index (χ4n) is 2.99. The van der Waals surface area contributed by atoms with E-state index < -0.39 is 21.3 Å². The molecular formula is C17H17F2NO4S. The Balaban J connectivity index is 1.75. The van der Waals surface area contributed by atoms with Gasteiger partial charge in [0.2, 0.25) is 9.84 Å². The zero-order valence-electron chi connectivity index (χ0n) is 13.3. The number of sulfone groups is 1. The summed E-state index contributed by atoms with van der Waals surface area (Å²) in [7, 11) is -4.48. The summed E-state index contributed by atoms with van der Waals surface area (Å²) < 4.78 is 52.8. The molecule has 1 amide bonds. The number of benzene rings is 1. The van der Waals surface area contributed by atoms with Gasteiger partial charge in [-0.1, -0.05) is 12.1 Å². The molecule has 1 unspecified atom stereocenters. The molecule has 0 aliphatic carbocycles. The number of carbonyl (C=O) groups is 1. The molecule has 5 nitrogen and oxygen atoms in total. The van der Waals surface area contributed by atoms with Crippen molar-refractivity contribution < 1.29 is 26.4 Å². The normalized spacial score (nSPS) is 18.0. The van der Waals surface area contributed by atoms with Crippen LogP contribution in [0.15, 0.2) is 47.1 Å². The minimum absolute atomic E-state index is 0.124. The fourth-order valence-corrected chi connectivity index (χ4v) is 3.77. The lowest BCUT2D eigenvalue weighted by Gasteiger charge is -2.23. The van der Waals surface area contributed by atoms with Crippen LogP contribution in [-0.2, 0) is 15.6 Å². The van der Waals surface area contributed by atoms with Gasteiger partial charge in [0.25, 0.3) is 5.91 Å². The molecule has 25 heavy (non-hydrogen) atoms. The molecule has 2 heterocycles. The van der Waals surface area contributed by atoms with Gasteiger partial charge >= 0.3 is 5.76 Å². The first-order valence-electron chi connectivity index (χ1n) is 7.81. The smallest absolute Gasteiger partial charge is 0.337 e. The van der Waals surface area contributed by atoms with E-state index >= 15 is 0 Å². The van der Waals surface area contributed by atoms with Crippen LogP contribution in [0.1, 0.15) is 40.6 Å². The van der Waals surface area contributed by atoms with Crippen molar-refractivity contribution in [1.82, 2.24) is 4.90 Å². The molecule has 3 rings (SSSR count). The highest BCUT2D eigenvalue weighted by molar-refractivity contribution is 7.90. The molecule has 1 atom stereocenters. The van der Waals surface area contributed by atoms with E-state index in [0.717, 1.165) is 18.6 Å². The van der Waals surface area contributed by atoms with E-state index in [1.807, 2.05) is 6.07 Å². The second-order valence-corrected chi connectivity index (χ2v) is 7.91. The average Bonchev–Trinajstić information content (AvgIpc) is 3.25. The average molecular weight is 369 g/mol. The number of carbonyl (C=O) groups excluding carboxylic acids is 1. The minimum Gasteiger partial charge on any atom is -0.467 e. The van der Waals surface area contributed by atoms with E-state index in [1.54, 1.807) is 17.2 Å². The number of alkyl halides is 2. The highest BCUT2D eigenvalue weighted by atomic mass is 32.2. The Morgan fingerprint density at radius 2 is 1.96 bits per heavy atom. The zero-order valence-corrected chi connectivity index (χ0v) is 14.1. The third-order valence-electron chi connectivity index (χ3n) is 4.23. The summed E-state index contributed by atoms with van der Waals surface area (Å²) in [6.07, 6.45) is 3.24. The molecule has 0 radical (unpaired) electrons. The van der Waals surface area contributed by atoms with Crippen molar-refractivity contribution in [3.63, 3.8) is 0 Å². The van der Waals surface area contributed by atoms with Gasteiger partial charge in [0.05, 0.1) is 18.1 Å². The van der Waals surface area contributed by atoms with E-state index in [9.17, 15) is 22.0 Å². The van der Waals surface area contributed by atoms with Crippen molar-refractivity contribution >= 4 is 15.7 Å². The van der Waals surface area contributed by atoms with Gasteiger partial charge in [0.1, 0.15) is 5.76 Å². The summed E-state index contributed by atoms with van der Waals surface area (Å²) >= 11 is 0. The van der Waals surface area contributed by atoms with Gasteiger partial charge in [-0.2, -0.15) is 8.78 Å². The molecule has 0 N–H and O–H groups in total. The molecule has 0 saturated carbocycles. The van der Waals surface area contributed by atoms with Gasteiger partial charge in [-0.25, -0.2) is 8.42 Å². The highest BCUT2D eigenvalue weighted by Gasteiger charge is 2.32. The molecular weight excluding hydrogens is 352 g/mol. The summed E-state index contributed by atoms with van der Waals surface area (Å²) in [4.78, 5) is 14.4. The van der Waals surface area contributed by atoms with Crippen molar-refractivity contribution in [1.29, 1.82) is 0 Å². The Hall–Kier alpha value is -2.22. The topological polar surface area (TPSA) is 67.6 Å². The van der Waals surface area contributed by atoms with Crippen LogP contribution in [0.25, 0.3) is 0 Å². The SMILES string of the molecule is O=C(c1ccc(CS(=O)(=O)C(F)F)cc1)N1CCCC1c1ccco1. The van der Waals surface area contributed by atoms with E-state index in [0.29, 0.717) is 12.1 Å². The van der Waals surface area contributed by atoms with E-state index in [2.05, 4.69) is 0 Å². The molecule has 1 aliphatic rings. The zero-order chi connectivity index (χ0) is 18.0. The van der Waals surface area contributed by atoms with Crippen LogP contribution < -0.4 is 0 Å². The third kappa shape index (κ3) is 3.73. The molecule has 2 aromatic rings. The van der Waals surface area contributed by atoms with Gasteiger partial charge in [0, 0.05) is 12.1 Å². The molecule has 1 fully saturated rings. The van der Waals surface area contributed by atoms with Crippen LogP contribution >= 0.6 is 0 Å². The van der Waals surface area contributed by atoms with E-state index in [4.69, 9.17) is 4.42 Å². The summed E-state index contributed by atoms with van der Waals surface area (Å²) in [6, 6.07) is 9.20. The Morgan fingerprint density at radius 1 is 1.24 bits per heavy atom. The molecule has 1 aromatic carbocycles. The lowest BCUT2D eigenvalue weighted by molar-refractivity contribution is 0.0720. The third-order valence-corrected chi connectivity index (χ3v) is 5.50. The van der Waals surface area contributed by atoms with Gasteiger partial charge in [0.15, 0.2) is 0 Å². The predicted octanol–water partition coefficient (Wildman–Crippen LogP) is 3.39. The number of hydrogen-bond acceptors (Lipinski definition) is 4. The first-order chi connectivity index (χ1) is 11.9. The maximum Gasteiger partial charge on any atom is 0.337 e. The summed E-state index contributed by atoms with van der Waals surface area (Å²) in [5.41, 5.74) is 0.609. The van der Waals surface area contributed by atoms with Gasteiger partial charge < -0.3 is 9.32 Å². The standard InChI is InChI=1S/C17H17F2NO4S/c18-17(19)25(22,23)11-12-5-7-13(8-6-12)16(21)20-9-1-3-14(20)15-4-2-10-24-15/h2,4-8,10,14,17H,1,3,9,11H2. The van der Waals surface area contributed by atoms with Crippen LogP contribution in [0.3, 0.4) is 0 Å². The van der Waals surface area contributed by atoms with Crippen molar-refractivity contribution in [2.24, 2.45) is 0 Å². The number of likely N-dealkylation sites (tertiary alicyclic amines) is 1. The van der Waals surface area contributed by atoms with Gasteiger partial charge in [-0.15, -0.1) is 0 Å². The predicted molar refractivity (Wildman–Crippen MR) is 86.8 cm³/mol. The number of hydrogen-bond donors (Lipinski definition) is 0. The Bertz CT molecular complexity index is 832. The summed E-state index contributed by atoms with van der Waals surface area (Å²) in [5.74, 6) is -3.63. The van der Waals surface area contributed by atoms with Crippen LogP contribution in [0, 0.1) is 0 Å². The lowest BCUT2D eigenvalue weighted by atomic mass is 10.1. The molecule has 0 bridgehead atoms. The maximum atomic E-state index is 12.7. The van der Waals surface area contributed by atoms with Crippen LogP contribution in [0.4, 0.5) is 8.78 Å². The second-order valence-electron chi connectivity index (χ2n) is 5.94.